The molecular formula is C23H27N3O3S. The zero-order valence-electron chi connectivity index (χ0n) is 17.6. The lowest BCUT2D eigenvalue weighted by Crippen LogP contribution is -2.43. The predicted octanol–water partition coefficient (Wildman–Crippen LogP) is 3.95. The molecule has 0 unspecified atom stereocenters. The Morgan fingerprint density at radius 2 is 1.70 bits per heavy atom. The summed E-state index contributed by atoms with van der Waals surface area (Å²) in [5.41, 5.74) is 3.85. The van der Waals surface area contributed by atoms with E-state index in [0.717, 1.165) is 60.1 Å². The van der Waals surface area contributed by atoms with Crippen molar-refractivity contribution in [2.75, 3.05) is 47.4 Å². The molecule has 0 radical (unpaired) electrons. The van der Waals surface area contributed by atoms with Crippen molar-refractivity contribution >= 4 is 11.3 Å². The lowest BCUT2D eigenvalue weighted by Gasteiger charge is -2.32. The predicted molar refractivity (Wildman–Crippen MR) is 121 cm³/mol. The van der Waals surface area contributed by atoms with Crippen LogP contribution >= 0.6 is 11.3 Å². The maximum absolute atomic E-state index is 10.4. The molecule has 1 saturated heterocycles. The van der Waals surface area contributed by atoms with Crippen LogP contribution in [0.2, 0.25) is 0 Å². The van der Waals surface area contributed by atoms with Gasteiger partial charge in [-0.2, -0.15) is 0 Å². The van der Waals surface area contributed by atoms with Crippen LogP contribution in [0.1, 0.15) is 5.56 Å². The summed E-state index contributed by atoms with van der Waals surface area (Å²) in [7, 11) is 5.41. The summed E-state index contributed by atoms with van der Waals surface area (Å²) in [5.74, 6) is 1.73. The maximum Gasteiger partial charge on any atom is 0.161 e. The fourth-order valence-corrected chi connectivity index (χ4v) is 4.45. The maximum atomic E-state index is 10.4. The average molecular weight is 426 g/mol. The molecule has 7 heteroatoms. The summed E-state index contributed by atoms with van der Waals surface area (Å²) in [4.78, 5) is 9.54. The molecule has 0 bridgehead atoms. The quantitative estimate of drug-likeness (QED) is 0.645. The fourth-order valence-electron chi connectivity index (χ4n) is 3.63. The average Bonchev–Trinajstić information content (AvgIpc) is 3.26. The van der Waals surface area contributed by atoms with Gasteiger partial charge in [-0.15, -0.1) is 11.3 Å². The van der Waals surface area contributed by atoms with Crippen LogP contribution in [0.5, 0.6) is 17.2 Å². The number of hydrogen-bond donors (Lipinski definition) is 1. The minimum atomic E-state index is 0.341. The summed E-state index contributed by atoms with van der Waals surface area (Å²) in [6, 6.07) is 11.6. The molecule has 4 rings (SSSR count). The van der Waals surface area contributed by atoms with Crippen molar-refractivity contribution < 1.29 is 14.6 Å². The van der Waals surface area contributed by atoms with Crippen LogP contribution in [0, 0.1) is 0 Å². The first kappa shape index (κ1) is 20.7. The molecule has 0 saturated carbocycles. The summed E-state index contributed by atoms with van der Waals surface area (Å²) in [6.45, 7) is 4.89. The molecule has 1 aromatic heterocycles. The van der Waals surface area contributed by atoms with Crippen LogP contribution in [0.15, 0.2) is 41.8 Å². The number of aromatic hydroxyl groups is 1. The number of nitrogens with zero attached hydrogens (tertiary/aromatic N) is 3. The molecule has 1 fully saturated rings. The SMILES string of the molecule is COc1ccc(-c2nc(-c3ccc(O)c(CN4CCN(C)CC4)c3)cs2)cc1OC. The number of rotatable bonds is 6. The highest BCUT2D eigenvalue weighted by atomic mass is 32.1. The molecule has 30 heavy (non-hydrogen) atoms. The van der Waals surface area contributed by atoms with E-state index in [0.29, 0.717) is 17.2 Å². The summed E-state index contributed by atoms with van der Waals surface area (Å²) in [6.07, 6.45) is 0. The molecular weight excluding hydrogens is 398 g/mol. The minimum Gasteiger partial charge on any atom is -0.508 e. The lowest BCUT2D eigenvalue weighted by molar-refractivity contribution is 0.147. The Morgan fingerprint density at radius 1 is 0.967 bits per heavy atom. The van der Waals surface area contributed by atoms with Gasteiger partial charge < -0.3 is 19.5 Å². The van der Waals surface area contributed by atoms with Crippen molar-refractivity contribution in [1.82, 2.24) is 14.8 Å². The highest BCUT2D eigenvalue weighted by Gasteiger charge is 2.17. The van der Waals surface area contributed by atoms with Crippen molar-refractivity contribution in [1.29, 1.82) is 0 Å². The molecule has 2 heterocycles. The number of aromatic nitrogens is 1. The van der Waals surface area contributed by atoms with Crippen molar-refractivity contribution in [3.05, 3.63) is 47.3 Å². The van der Waals surface area contributed by atoms with Gasteiger partial charge in [0.2, 0.25) is 0 Å². The number of piperazine rings is 1. The number of hydrogen-bond acceptors (Lipinski definition) is 7. The first-order chi connectivity index (χ1) is 14.6. The molecule has 0 aliphatic carbocycles. The Morgan fingerprint density at radius 3 is 2.43 bits per heavy atom. The molecule has 1 N–H and O–H groups in total. The molecule has 3 aromatic rings. The normalized spacial score (nSPS) is 15.3. The van der Waals surface area contributed by atoms with Crippen LogP contribution in [-0.4, -0.2) is 67.3 Å². The number of ether oxygens (including phenoxy) is 2. The van der Waals surface area contributed by atoms with Gasteiger partial charge in [0.15, 0.2) is 11.5 Å². The highest BCUT2D eigenvalue weighted by molar-refractivity contribution is 7.13. The van der Waals surface area contributed by atoms with E-state index in [2.05, 4.69) is 28.3 Å². The third-order valence-corrected chi connectivity index (χ3v) is 6.39. The van der Waals surface area contributed by atoms with E-state index in [9.17, 15) is 5.11 Å². The van der Waals surface area contributed by atoms with E-state index in [4.69, 9.17) is 14.5 Å². The van der Waals surface area contributed by atoms with Gasteiger partial charge in [-0.25, -0.2) is 4.98 Å². The summed E-state index contributed by atoms with van der Waals surface area (Å²) >= 11 is 1.59. The van der Waals surface area contributed by atoms with Crippen LogP contribution in [0.25, 0.3) is 21.8 Å². The fraction of sp³-hybridized carbons (Fsp3) is 0.348. The molecule has 1 aliphatic heterocycles. The van der Waals surface area contributed by atoms with Crippen LogP contribution < -0.4 is 9.47 Å². The van der Waals surface area contributed by atoms with Crippen molar-refractivity contribution in [2.45, 2.75) is 6.54 Å². The molecule has 0 spiro atoms. The van der Waals surface area contributed by atoms with Gasteiger partial charge in [0.25, 0.3) is 0 Å². The number of phenolic OH excluding ortho intramolecular Hbond substituents is 1. The first-order valence-electron chi connectivity index (χ1n) is 9.98. The molecule has 1 aliphatic rings. The van der Waals surface area contributed by atoms with Crippen LogP contribution in [0.4, 0.5) is 0 Å². The molecule has 2 aromatic carbocycles. The third kappa shape index (κ3) is 4.43. The van der Waals surface area contributed by atoms with Gasteiger partial charge in [0.1, 0.15) is 10.8 Å². The topological polar surface area (TPSA) is 58.1 Å². The van der Waals surface area contributed by atoms with E-state index < -0.39 is 0 Å². The van der Waals surface area contributed by atoms with Crippen molar-refractivity contribution in [3.63, 3.8) is 0 Å². The lowest BCUT2D eigenvalue weighted by atomic mass is 10.1. The Balaban J connectivity index is 1.56. The Bertz CT molecular complexity index is 1010. The van der Waals surface area contributed by atoms with E-state index in [1.807, 2.05) is 24.3 Å². The van der Waals surface area contributed by atoms with E-state index in [1.54, 1.807) is 31.6 Å². The molecule has 0 atom stereocenters. The zero-order valence-corrected chi connectivity index (χ0v) is 18.4. The standard InChI is InChI=1S/C23H27N3O3S/c1-25-8-10-26(11-9-25)14-18-12-16(4-6-20(18)27)19-15-30-23(24-19)17-5-7-21(28-2)22(13-17)29-3/h4-7,12-13,15,27H,8-11,14H2,1-3H3. The third-order valence-electron chi connectivity index (χ3n) is 5.50. The molecule has 6 nitrogen and oxygen atoms in total. The van der Waals surface area contributed by atoms with E-state index in [1.165, 1.54) is 0 Å². The molecule has 0 amide bonds. The van der Waals surface area contributed by atoms with Gasteiger partial charge in [-0.3, -0.25) is 4.90 Å². The summed E-state index contributed by atoms with van der Waals surface area (Å²) < 4.78 is 10.7. The second kappa shape index (κ2) is 9.04. The number of likely N-dealkylation sites (N-methyl/N-ethyl adjacent to an activating group) is 1. The van der Waals surface area contributed by atoms with Gasteiger partial charge in [-0.1, -0.05) is 0 Å². The van der Waals surface area contributed by atoms with Crippen LogP contribution in [-0.2, 0) is 6.54 Å². The number of benzene rings is 2. The van der Waals surface area contributed by atoms with Crippen molar-refractivity contribution in [2.24, 2.45) is 0 Å². The van der Waals surface area contributed by atoms with Crippen molar-refractivity contribution in [3.8, 4) is 39.1 Å². The highest BCUT2D eigenvalue weighted by Crippen LogP contribution is 2.36. The van der Waals surface area contributed by atoms with Crippen LogP contribution in [0.3, 0.4) is 0 Å². The molecule has 158 valence electrons. The minimum absolute atomic E-state index is 0.341. The smallest absolute Gasteiger partial charge is 0.161 e. The van der Waals surface area contributed by atoms with Gasteiger partial charge >= 0.3 is 0 Å². The van der Waals surface area contributed by atoms with Gasteiger partial charge in [0.05, 0.1) is 19.9 Å². The monoisotopic (exact) mass is 425 g/mol. The summed E-state index contributed by atoms with van der Waals surface area (Å²) in [5, 5.41) is 13.3. The number of methoxy groups -OCH3 is 2. The van der Waals surface area contributed by atoms with Gasteiger partial charge in [0, 0.05) is 54.8 Å². The largest absolute Gasteiger partial charge is 0.508 e. The van der Waals surface area contributed by atoms with E-state index in [-0.39, 0.29) is 0 Å². The Kier molecular flexibility index (Phi) is 6.22. The number of thiazole rings is 1. The van der Waals surface area contributed by atoms with Gasteiger partial charge in [-0.05, 0) is 43.4 Å². The second-order valence-corrected chi connectivity index (χ2v) is 8.39. The Labute approximate surface area is 181 Å². The number of phenols is 1. The first-order valence-corrected chi connectivity index (χ1v) is 10.9. The second-order valence-electron chi connectivity index (χ2n) is 7.53. The Hall–Kier alpha value is -2.61. The van der Waals surface area contributed by atoms with E-state index >= 15 is 0 Å². The zero-order chi connectivity index (χ0) is 21.1.